The average Bonchev–Trinajstić information content (AvgIpc) is 3.62. The van der Waals surface area contributed by atoms with E-state index >= 15 is 0 Å². The molecule has 1 fully saturated rings. The van der Waals surface area contributed by atoms with Crippen LogP contribution in [0.5, 0.6) is 0 Å². The molecule has 1 saturated carbocycles. The van der Waals surface area contributed by atoms with Crippen LogP contribution < -0.4 is 15.5 Å². The summed E-state index contributed by atoms with van der Waals surface area (Å²) in [6.07, 6.45) is -3.79. The standard InChI is InChI=1S/C25H17F5N6O3S/c1-11-4-3-5-36(23(11)38)19-8-12(13-7-17(20(26)27)31-10-18(13)39-2)15(9-32-19)21(37)33-24-35-34-22(40-24)14-6-16(14)25(28,29)30/h3-5,7-9,14,16,20H,6H2,1-2H3/p+1/t14?,16-/m0/s1. The lowest BCUT2D eigenvalue weighted by Gasteiger charge is -2.14. The maximum atomic E-state index is 13.5. The molecular weight excluding hydrogens is 559 g/mol. The summed E-state index contributed by atoms with van der Waals surface area (Å²) in [5, 5.41) is 10.1. The van der Waals surface area contributed by atoms with Gasteiger partial charge in [-0.1, -0.05) is 17.4 Å². The van der Waals surface area contributed by atoms with Crippen LogP contribution in [-0.4, -0.2) is 56.9 Å². The lowest BCUT2D eigenvalue weighted by molar-refractivity contribution is -0.148. The van der Waals surface area contributed by atoms with Gasteiger partial charge in [0.05, 0.1) is 18.6 Å². The van der Waals surface area contributed by atoms with E-state index in [2.05, 4.69) is 31.0 Å². The first-order valence-corrected chi connectivity index (χ1v) is 12.4. The monoisotopic (exact) mass is 577 g/mol. The summed E-state index contributed by atoms with van der Waals surface area (Å²) in [6, 6.07) is 4.57. The number of anilines is 1. The van der Waals surface area contributed by atoms with Crippen molar-refractivity contribution in [2.24, 2.45) is 5.92 Å². The third kappa shape index (κ3) is 5.22. The van der Waals surface area contributed by atoms with Gasteiger partial charge in [-0.05, 0) is 30.1 Å². The van der Waals surface area contributed by atoms with Crippen molar-refractivity contribution in [3.63, 3.8) is 0 Å². The van der Waals surface area contributed by atoms with E-state index in [1.807, 2.05) is 0 Å². The largest absolute Gasteiger partial charge is 0.484 e. The number of ether oxygens (including phenoxy) is 1. The molecule has 1 N–H and O–H groups in total. The van der Waals surface area contributed by atoms with Crippen molar-refractivity contribution in [2.45, 2.75) is 31.9 Å². The van der Waals surface area contributed by atoms with E-state index in [-0.39, 0.29) is 44.8 Å². The van der Waals surface area contributed by atoms with E-state index in [9.17, 15) is 31.5 Å². The van der Waals surface area contributed by atoms with Gasteiger partial charge in [-0.15, -0.1) is 10.2 Å². The SMILES string of the molecule is COC1=C=[N+]=C(C(F)F)C=C1c1cc(-n2cccc(C)c2=O)ncc1C(=O)Nc1nnc(C2C[C@@H]2C(F)(F)F)s1. The molecule has 1 unspecified atom stereocenters. The van der Waals surface area contributed by atoms with E-state index in [0.717, 1.165) is 23.6 Å². The van der Waals surface area contributed by atoms with Crippen molar-refractivity contribution in [1.29, 1.82) is 0 Å². The average molecular weight is 578 g/mol. The molecule has 0 radical (unpaired) electrons. The van der Waals surface area contributed by atoms with Crippen LogP contribution in [0.15, 0.2) is 47.2 Å². The van der Waals surface area contributed by atoms with Crippen molar-refractivity contribution in [1.82, 2.24) is 24.4 Å². The fraction of sp³-hybridized carbons (Fsp3) is 0.280. The molecule has 2 aliphatic rings. The minimum atomic E-state index is -4.35. The number of halogens is 5. The molecule has 4 heterocycles. The zero-order chi connectivity index (χ0) is 28.8. The number of nitrogens with zero attached hydrogens (tertiary/aromatic N) is 5. The Morgan fingerprint density at radius 3 is 2.77 bits per heavy atom. The number of carbonyl (C=O) groups excluding carboxylic acids is 1. The number of nitrogens with one attached hydrogen (secondary N) is 1. The molecule has 2 atom stereocenters. The van der Waals surface area contributed by atoms with E-state index in [4.69, 9.17) is 4.74 Å². The van der Waals surface area contributed by atoms with Crippen LogP contribution in [0.3, 0.4) is 0 Å². The molecule has 3 aromatic heterocycles. The maximum Gasteiger partial charge on any atom is 0.392 e. The third-order valence-corrected chi connectivity index (χ3v) is 7.22. The van der Waals surface area contributed by atoms with Gasteiger partial charge in [-0.25, -0.2) is 4.98 Å². The molecule has 0 saturated heterocycles. The first kappa shape index (κ1) is 27.1. The Bertz CT molecular complexity index is 1710. The molecule has 0 aromatic carbocycles. The van der Waals surface area contributed by atoms with Gasteiger partial charge in [0.2, 0.25) is 5.13 Å². The summed E-state index contributed by atoms with van der Waals surface area (Å²) in [5.74, 6) is -0.710. The van der Waals surface area contributed by atoms with Gasteiger partial charge in [0.25, 0.3) is 17.2 Å². The molecule has 15 heteroatoms. The molecule has 1 aliphatic carbocycles. The normalized spacial score (nSPS) is 18.2. The summed E-state index contributed by atoms with van der Waals surface area (Å²) in [7, 11) is 1.26. The molecule has 0 spiro atoms. The third-order valence-electron chi connectivity index (χ3n) is 6.25. The Morgan fingerprint density at radius 1 is 1.32 bits per heavy atom. The molecule has 5 rings (SSSR count). The summed E-state index contributed by atoms with van der Waals surface area (Å²) < 4.78 is 75.9. The number of amides is 1. The molecule has 1 amide bonds. The zero-order valence-electron chi connectivity index (χ0n) is 20.7. The van der Waals surface area contributed by atoms with Crippen molar-refractivity contribution < 1.29 is 31.5 Å². The second kappa shape index (κ2) is 10.3. The fourth-order valence-electron chi connectivity index (χ4n) is 4.08. The highest BCUT2D eigenvalue weighted by atomic mass is 32.1. The zero-order valence-corrected chi connectivity index (χ0v) is 21.5. The fourth-order valence-corrected chi connectivity index (χ4v) is 5.00. The van der Waals surface area contributed by atoms with Gasteiger partial charge in [0, 0.05) is 41.1 Å². The first-order valence-electron chi connectivity index (χ1n) is 11.6. The highest BCUT2D eigenvalue weighted by Crippen LogP contribution is 2.56. The predicted octanol–water partition coefficient (Wildman–Crippen LogP) is 3.68. The highest BCUT2D eigenvalue weighted by Gasteiger charge is 2.57. The first-order chi connectivity index (χ1) is 19.0. The Morgan fingerprint density at radius 2 is 2.10 bits per heavy atom. The van der Waals surface area contributed by atoms with Crippen molar-refractivity contribution >= 4 is 39.5 Å². The van der Waals surface area contributed by atoms with Gasteiger partial charge < -0.3 is 4.74 Å². The summed E-state index contributed by atoms with van der Waals surface area (Å²) in [6.45, 7) is 1.60. The van der Waals surface area contributed by atoms with Crippen molar-refractivity contribution in [3.8, 4) is 5.82 Å². The molecule has 1 aliphatic heterocycles. The van der Waals surface area contributed by atoms with E-state index < -0.39 is 41.6 Å². The quantitative estimate of drug-likeness (QED) is 0.339. The Hall–Kier alpha value is -4.45. The van der Waals surface area contributed by atoms with Crippen molar-refractivity contribution in [3.05, 3.63) is 74.5 Å². The number of allylic oxidation sites excluding steroid dienone is 2. The van der Waals surface area contributed by atoms with Gasteiger partial charge in [-0.3, -0.25) is 19.5 Å². The summed E-state index contributed by atoms with van der Waals surface area (Å²) >= 11 is 0.806. The van der Waals surface area contributed by atoms with Crippen molar-refractivity contribution in [2.75, 3.05) is 12.4 Å². The Balaban J connectivity index is 1.54. The number of pyridine rings is 2. The lowest BCUT2D eigenvalue weighted by atomic mass is 9.97. The number of carbonyl (C=O) groups is 1. The van der Waals surface area contributed by atoms with Gasteiger partial charge in [0.1, 0.15) is 10.8 Å². The molecule has 206 valence electrons. The van der Waals surface area contributed by atoms with Crippen LogP contribution in [-0.2, 0) is 4.74 Å². The van der Waals surface area contributed by atoms with E-state index in [1.165, 1.54) is 23.9 Å². The summed E-state index contributed by atoms with van der Waals surface area (Å²) in [5.41, 5.74) is -0.663. The number of hydrogen-bond donors (Lipinski definition) is 1. The maximum absolute atomic E-state index is 13.5. The van der Waals surface area contributed by atoms with Gasteiger partial charge in [0.15, 0.2) is 0 Å². The van der Waals surface area contributed by atoms with Gasteiger partial charge >= 0.3 is 24.2 Å². The molecule has 9 nitrogen and oxygen atoms in total. The molecule has 3 aromatic rings. The highest BCUT2D eigenvalue weighted by molar-refractivity contribution is 7.15. The minimum Gasteiger partial charge on any atom is -0.484 e. The van der Waals surface area contributed by atoms with Crippen LogP contribution in [0.25, 0.3) is 11.4 Å². The molecule has 0 bridgehead atoms. The Labute approximate surface area is 226 Å². The molecule has 40 heavy (non-hydrogen) atoms. The second-order valence-electron chi connectivity index (χ2n) is 8.88. The number of rotatable bonds is 7. The predicted molar refractivity (Wildman–Crippen MR) is 136 cm³/mol. The Kier molecular flexibility index (Phi) is 6.96. The van der Waals surface area contributed by atoms with E-state index in [0.29, 0.717) is 5.56 Å². The van der Waals surface area contributed by atoms with Crippen LogP contribution in [0.4, 0.5) is 27.1 Å². The van der Waals surface area contributed by atoms with Crippen LogP contribution in [0.1, 0.15) is 38.8 Å². The van der Waals surface area contributed by atoms with Gasteiger partial charge in [-0.2, -0.15) is 22.0 Å². The topological polar surface area (TPSA) is 113 Å². The van der Waals surface area contributed by atoms with E-state index in [1.54, 1.807) is 19.1 Å². The second-order valence-corrected chi connectivity index (χ2v) is 9.89. The lowest BCUT2D eigenvalue weighted by Crippen LogP contribution is -2.22. The number of hydrogen-bond acceptors (Lipinski definition) is 7. The number of aryl methyl sites for hydroxylation is 1. The smallest absolute Gasteiger partial charge is 0.392 e. The molecular formula is C25H18F5N6O3S+. The number of aromatic nitrogens is 4. The number of alkyl halides is 5. The van der Waals surface area contributed by atoms with Crippen LogP contribution in [0, 0.1) is 12.8 Å². The minimum absolute atomic E-state index is 0.0197. The number of methoxy groups -OCH3 is 1. The summed E-state index contributed by atoms with van der Waals surface area (Å²) in [4.78, 5) is 30.3. The van der Waals surface area contributed by atoms with Crippen LogP contribution in [0.2, 0.25) is 0 Å². The van der Waals surface area contributed by atoms with Crippen LogP contribution >= 0.6 is 11.3 Å².